The van der Waals surface area contributed by atoms with Crippen molar-refractivity contribution in [2.45, 2.75) is 39.7 Å². The molecule has 0 amide bonds. The third kappa shape index (κ3) is 2.94. The average Bonchev–Trinajstić information content (AvgIpc) is 2.82. The zero-order valence-corrected chi connectivity index (χ0v) is 14.9. The molecule has 0 atom stereocenters. The number of aromatic nitrogens is 2. The molecule has 0 saturated heterocycles. The molecule has 3 rings (SSSR count). The number of nitrogens with zero attached hydrogens (tertiary/aromatic N) is 2. The highest BCUT2D eigenvalue weighted by Gasteiger charge is 2.25. The highest BCUT2D eigenvalue weighted by molar-refractivity contribution is 5.76. The molecule has 0 spiro atoms. The lowest BCUT2D eigenvalue weighted by Gasteiger charge is -2.27. The van der Waals surface area contributed by atoms with E-state index >= 15 is 0 Å². The van der Waals surface area contributed by atoms with Crippen molar-refractivity contribution in [2.75, 3.05) is 5.73 Å². The Morgan fingerprint density at radius 2 is 1.58 bits per heavy atom. The molecule has 2 N–H and O–H groups in total. The van der Waals surface area contributed by atoms with Gasteiger partial charge in [0.15, 0.2) is 0 Å². The minimum absolute atomic E-state index is 0.0497. The van der Waals surface area contributed by atoms with Crippen molar-refractivity contribution in [3.05, 3.63) is 71.4 Å². The Balaban J connectivity index is 1.99. The maximum atomic E-state index is 6.46. The van der Waals surface area contributed by atoms with E-state index in [0.29, 0.717) is 0 Å². The molecular weight excluding hydrogens is 294 g/mol. The number of benzene rings is 2. The van der Waals surface area contributed by atoms with Gasteiger partial charge in [0.25, 0.3) is 0 Å². The quantitative estimate of drug-likeness (QED) is 0.755. The zero-order chi connectivity index (χ0) is 17.3. The maximum Gasteiger partial charge on any atom is 0.129 e. The van der Waals surface area contributed by atoms with E-state index in [2.05, 4.69) is 57.2 Å². The molecule has 0 radical (unpaired) electrons. The summed E-state index contributed by atoms with van der Waals surface area (Å²) in [5.74, 6) is 0.736. The second-order valence-electron chi connectivity index (χ2n) is 7.07. The number of hydrogen-bond donors (Lipinski definition) is 1. The number of nitrogen functional groups attached to an aromatic ring is 1. The van der Waals surface area contributed by atoms with Gasteiger partial charge < -0.3 is 5.73 Å². The highest BCUT2D eigenvalue weighted by Crippen LogP contribution is 2.33. The molecular formula is C21H25N3. The second kappa shape index (κ2) is 6.16. The summed E-state index contributed by atoms with van der Waals surface area (Å²) < 4.78 is 1.95. The van der Waals surface area contributed by atoms with Crippen molar-refractivity contribution in [1.29, 1.82) is 0 Å². The van der Waals surface area contributed by atoms with E-state index < -0.39 is 0 Å². The van der Waals surface area contributed by atoms with E-state index in [-0.39, 0.29) is 5.41 Å². The summed E-state index contributed by atoms with van der Waals surface area (Å²) in [6.45, 7) is 9.42. The Bertz CT molecular complexity index is 845. The molecule has 0 bridgehead atoms. The molecule has 124 valence electrons. The van der Waals surface area contributed by atoms with Gasteiger partial charge in [-0.15, -0.1) is 0 Å². The second-order valence-corrected chi connectivity index (χ2v) is 7.07. The van der Waals surface area contributed by atoms with Crippen LogP contribution in [0.25, 0.3) is 11.1 Å². The smallest absolute Gasteiger partial charge is 0.129 e. The molecule has 0 aliphatic rings. The summed E-state index contributed by atoms with van der Waals surface area (Å²) >= 11 is 0. The minimum atomic E-state index is -0.0497. The van der Waals surface area contributed by atoms with Crippen molar-refractivity contribution in [2.24, 2.45) is 0 Å². The molecule has 0 unspecified atom stereocenters. The number of rotatable bonds is 4. The predicted octanol–water partition coefficient (Wildman–Crippen LogP) is 4.73. The van der Waals surface area contributed by atoms with Gasteiger partial charge in [0.1, 0.15) is 5.82 Å². The molecule has 0 aliphatic carbocycles. The van der Waals surface area contributed by atoms with Gasteiger partial charge in [0.05, 0.1) is 12.2 Å². The Hall–Kier alpha value is -2.55. The first-order valence-electron chi connectivity index (χ1n) is 8.34. The number of aryl methyl sites for hydroxylation is 2. The Morgan fingerprint density at radius 3 is 2.25 bits per heavy atom. The van der Waals surface area contributed by atoms with E-state index in [1.165, 1.54) is 11.1 Å². The van der Waals surface area contributed by atoms with Gasteiger partial charge in [0, 0.05) is 11.0 Å². The summed E-state index contributed by atoms with van der Waals surface area (Å²) in [4.78, 5) is 0. The summed E-state index contributed by atoms with van der Waals surface area (Å²) in [6.07, 6.45) is 0. The fourth-order valence-electron chi connectivity index (χ4n) is 3.47. The Morgan fingerprint density at radius 1 is 0.958 bits per heavy atom. The van der Waals surface area contributed by atoms with E-state index in [9.17, 15) is 0 Å². The van der Waals surface area contributed by atoms with Crippen LogP contribution in [0.1, 0.15) is 30.7 Å². The van der Waals surface area contributed by atoms with Crippen LogP contribution < -0.4 is 5.73 Å². The molecule has 1 aromatic heterocycles. The van der Waals surface area contributed by atoms with Crippen molar-refractivity contribution < 1.29 is 0 Å². The number of anilines is 1. The number of nitrogens with two attached hydrogens (primary N) is 1. The largest absolute Gasteiger partial charge is 0.383 e. The monoisotopic (exact) mass is 319 g/mol. The fraction of sp³-hybridized carbons (Fsp3) is 0.286. The third-order valence-corrected chi connectivity index (χ3v) is 4.65. The van der Waals surface area contributed by atoms with E-state index in [4.69, 9.17) is 10.8 Å². The minimum Gasteiger partial charge on any atom is -0.383 e. The fourth-order valence-corrected chi connectivity index (χ4v) is 3.47. The van der Waals surface area contributed by atoms with Crippen molar-refractivity contribution in [3.63, 3.8) is 0 Å². The standard InChI is InChI=1S/C21H25N3/c1-15-10-8-9-13-18(15)21(3,4)14-24-20(22)19(16(2)23-24)17-11-6-5-7-12-17/h5-13H,14,22H2,1-4H3. The molecule has 0 fully saturated rings. The zero-order valence-electron chi connectivity index (χ0n) is 14.9. The van der Waals surface area contributed by atoms with Crippen LogP contribution in [-0.4, -0.2) is 9.78 Å². The SMILES string of the molecule is Cc1ccccc1C(C)(C)Cn1nc(C)c(-c2ccccc2)c1N. The van der Waals surface area contributed by atoms with Crippen LogP contribution >= 0.6 is 0 Å². The van der Waals surface area contributed by atoms with Gasteiger partial charge in [-0.2, -0.15) is 5.10 Å². The summed E-state index contributed by atoms with van der Waals surface area (Å²) in [5.41, 5.74) is 12.2. The lowest BCUT2D eigenvalue weighted by Crippen LogP contribution is -2.27. The van der Waals surface area contributed by atoms with Gasteiger partial charge in [-0.05, 0) is 30.5 Å². The third-order valence-electron chi connectivity index (χ3n) is 4.65. The lowest BCUT2D eigenvalue weighted by molar-refractivity contribution is 0.409. The van der Waals surface area contributed by atoms with Crippen LogP contribution in [-0.2, 0) is 12.0 Å². The van der Waals surface area contributed by atoms with Crippen molar-refractivity contribution in [3.8, 4) is 11.1 Å². The first kappa shape index (κ1) is 16.3. The van der Waals surface area contributed by atoms with Gasteiger partial charge >= 0.3 is 0 Å². The van der Waals surface area contributed by atoms with E-state index in [0.717, 1.165) is 29.2 Å². The summed E-state index contributed by atoms with van der Waals surface area (Å²) in [6, 6.07) is 18.8. The first-order chi connectivity index (χ1) is 11.4. The molecule has 3 heteroatoms. The van der Waals surface area contributed by atoms with E-state index in [1.54, 1.807) is 0 Å². The topological polar surface area (TPSA) is 43.8 Å². The number of hydrogen-bond acceptors (Lipinski definition) is 2. The molecule has 24 heavy (non-hydrogen) atoms. The van der Waals surface area contributed by atoms with Crippen LogP contribution in [0.15, 0.2) is 54.6 Å². The predicted molar refractivity (Wildman–Crippen MR) is 101 cm³/mol. The average molecular weight is 319 g/mol. The maximum absolute atomic E-state index is 6.46. The van der Waals surface area contributed by atoms with Gasteiger partial charge in [-0.25, -0.2) is 4.68 Å². The summed E-state index contributed by atoms with van der Waals surface area (Å²) in [5, 5.41) is 4.72. The molecule has 2 aromatic carbocycles. The normalized spacial score (nSPS) is 11.7. The Kier molecular flexibility index (Phi) is 4.18. The van der Waals surface area contributed by atoms with Gasteiger partial charge in [-0.3, -0.25) is 0 Å². The first-order valence-corrected chi connectivity index (χ1v) is 8.34. The molecule has 0 saturated carbocycles. The van der Waals surface area contributed by atoms with Crippen molar-refractivity contribution >= 4 is 5.82 Å². The van der Waals surface area contributed by atoms with Gasteiger partial charge in [-0.1, -0.05) is 68.4 Å². The highest BCUT2D eigenvalue weighted by atomic mass is 15.3. The van der Waals surface area contributed by atoms with Crippen LogP contribution in [0.5, 0.6) is 0 Å². The Labute approximate surface area is 144 Å². The van der Waals surface area contributed by atoms with Crippen LogP contribution in [0.2, 0.25) is 0 Å². The lowest BCUT2D eigenvalue weighted by atomic mass is 9.82. The van der Waals surface area contributed by atoms with Crippen LogP contribution in [0.4, 0.5) is 5.82 Å². The molecule has 1 heterocycles. The van der Waals surface area contributed by atoms with Gasteiger partial charge in [0.2, 0.25) is 0 Å². The summed E-state index contributed by atoms with van der Waals surface area (Å²) in [7, 11) is 0. The van der Waals surface area contributed by atoms with E-state index in [1.807, 2.05) is 29.8 Å². The molecule has 0 aliphatic heterocycles. The van der Waals surface area contributed by atoms with Crippen LogP contribution in [0.3, 0.4) is 0 Å². The van der Waals surface area contributed by atoms with Crippen molar-refractivity contribution in [1.82, 2.24) is 9.78 Å². The molecule has 3 aromatic rings. The van der Waals surface area contributed by atoms with Crippen LogP contribution in [0, 0.1) is 13.8 Å². The molecule has 3 nitrogen and oxygen atoms in total.